The molecule has 1 aliphatic rings. The number of hydrogen-bond donors (Lipinski definition) is 1. The SMILES string of the molecule is CN(C(=O)c1ccc(Cl)cc1Br)[C@@H]1CCNC1. The number of carbonyl (C=O) groups is 1. The third kappa shape index (κ3) is 2.81. The fourth-order valence-corrected chi connectivity index (χ4v) is 2.84. The van der Waals surface area contributed by atoms with Gasteiger partial charge in [0.2, 0.25) is 0 Å². The molecule has 1 N–H and O–H groups in total. The van der Waals surface area contributed by atoms with Gasteiger partial charge in [-0.15, -0.1) is 0 Å². The van der Waals surface area contributed by atoms with E-state index < -0.39 is 0 Å². The van der Waals surface area contributed by atoms with Crippen molar-refractivity contribution in [1.29, 1.82) is 0 Å². The number of benzene rings is 1. The van der Waals surface area contributed by atoms with Crippen LogP contribution in [-0.2, 0) is 0 Å². The summed E-state index contributed by atoms with van der Waals surface area (Å²) in [5, 5.41) is 3.88. The molecule has 17 heavy (non-hydrogen) atoms. The summed E-state index contributed by atoms with van der Waals surface area (Å²) >= 11 is 9.24. The van der Waals surface area contributed by atoms with E-state index in [4.69, 9.17) is 11.6 Å². The Hall–Kier alpha value is -0.580. The zero-order chi connectivity index (χ0) is 12.4. The minimum Gasteiger partial charge on any atom is -0.337 e. The molecule has 2 rings (SSSR count). The second-order valence-corrected chi connectivity index (χ2v) is 5.48. The smallest absolute Gasteiger partial charge is 0.255 e. The molecule has 0 unspecified atom stereocenters. The van der Waals surface area contributed by atoms with Gasteiger partial charge < -0.3 is 10.2 Å². The van der Waals surface area contributed by atoms with Gasteiger partial charge in [-0.2, -0.15) is 0 Å². The number of amides is 1. The number of carbonyl (C=O) groups excluding carboxylic acids is 1. The van der Waals surface area contributed by atoms with E-state index in [9.17, 15) is 4.79 Å². The average Bonchev–Trinajstić information content (AvgIpc) is 2.80. The van der Waals surface area contributed by atoms with Crippen molar-refractivity contribution in [3.05, 3.63) is 33.3 Å². The summed E-state index contributed by atoms with van der Waals surface area (Å²) < 4.78 is 0.743. The second kappa shape index (κ2) is 5.38. The van der Waals surface area contributed by atoms with Crippen LogP contribution in [-0.4, -0.2) is 37.0 Å². The van der Waals surface area contributed by atoms with Crippen LogP contribution in [0.15, 0.2) is 22.7 Å². The molecule has 0 aliphatic carbocycles. The summed E-state index contributed by atoms with van der Waals surface area (Å²) in [6, 6.07) is 5.52. The highest BCUT2D eigenvalue weighted by Crippen LogP contribution is 2.23. The van der Waals surface area contributed by atoms with Gasteiger partial charge >= 0.3 is 0 Å². The summed E-state index contributed by atoms with van der Waals surface area (Å²) in [6.07, 6.45) is 1.01. The molecule has 5 heteroatoms. The lowest BCUT2D eigenvalue weighted by atomic mass is 10.1. The molecule has 0 radical (unpaired) electrons. The first kappa shape index (κ1) is 12.9. The van der Waals surface area contributed by atoms with Crippen LogP contribution in [0.1, 0.15) is 16.8 Å². The van der Waals surface area contributed by atoms with E-state index in [0.29, 0.717) is 10.6 Å². The number of halogens is 2. The third-order valence-corrected chi connectivity index (χ3v) is 3.96. The first-order valence-corrected chi connectivity index (χ1v) is 6.69. The van der Waals surface area contributed by atoms with E-state index in [1.54, 1.807) is 23.1 Å². The Morgan fingerprint density at radius 1 is 1.59 bits per heavy atom. The van der Waals surface area contributed by atoms with Crippen molar-refractivity contribution in [3.8, 4) is 0 Å². The van der Waals surface area contributed by atoms with E-state index in [-0.39, 0.29) is 11.9 Å². The monoisotopic (exact) mass is 316 g/mol. The third-order valence-electron chi connectivity index (χ3n) is 3.06. The molecule has 0 aromatic heterocycles. The predicted molar refractivity (Wildman–Crippen MR) is 72.5 cm³/mol. The van der Waals surface area contributed by atoms with Gasteiger partial charge in [-0.25, -0.2) is 0 Å². The minimum atomic E-state index is 0.0299. The van der Waals surface area contributed by atoms with Gasteiger partial charge in [-0.1, -0.05) is 11.6 Å². The minimum absolute atomic E-state index is 0.0299. The zero-order valence-electron chi connectivity index (χ0n) is 9.54. The van der Waals surface area contributed by atoms with E-state index in [1.807, 2.05) is 7.05 Å². The quantitative estimate of drug-likeness (QED) is 0.909. The van der Waals surface area contributed by atoms with Crippen LogP contribution >= 0.6 is 27.5 Å². The maximum Gasteiger partial charge on any atom is 0.255 e. The van der Waals surface area contributed by atoms with Gasteiger partial charge in [0.15, 0.2) is 0 Å². The predicted octanol–water partition coefficient (Wildman–Crippen LogP) is 2.54. The Bertz CT molecular complexity index is 433. The Labute approximate surface area is 114 Å². The highest BCUT2D eigenvalue weighted by molar-refractivity contribution is 9.10. The van der Waals surface area contributed by atoms with Crippen LogP contribution < -0.4 is 5.32 Å². The Kier molecular flexibility index (Phi) is 4.07. The van der Waals surface area contributed by atoms with E-state index in [1.165, 1.54) is 0 Å². The van der Waals surface area contributed by atoms with Crippen LogP contribution in [0.2, 0.25) is 5.02 Å². The number of likely N-dealkylation sites (N-methyl/N-ethyl adjacent to an activating group) is 1. The second-order valence-electron chi connectivity index (χ2n) is 4.19. The van der Waals surface area contributed by atoms with E-state index >= 15 is 0 Å². The maximum absolute atomic E-state index is 12.3. The molecule has 1 aliphatic heterocycles. The molecule has 1 atom stereocenters. The summed E-state index contributed by atoms with van der Waals surface area (Å²) in [5.41, 5.74) is 0.656. The molecule has 0 bridgehead atoms. The van der Waals surface area contributed by atoms with Crippen LogP contribution in [0.25, 0.3) is 0 Å². The number of nitrogens with one attached hydrogen (secondary N) is 1. The number of rotatable bonds is 2. The van der Waals surface area contributed by atoms with Gasteiger partial charge in [0.05, 0.1) is 5.56 Å². The van der Waals surface area contributed by atoms with Crippen molar-refractivity contribution in [2.45, 2.75) is 12.5 Å². The van der Waals surface area contributed by atoms with Crippen LogP contribution in [0.4, 0.5) is 0 Å². The summed E-state index contributed by atoms with van der Waals surface area (Å²) in [5.74, 6) is 0.0299. The largest absolute Gasteiger partial charge is 0.337 e. The maximum atomic E-state index is 12.3. The lowest BCUT2D eigenvalue weighted by Gasteiger charge is -2.24. The van der Waals surface area contributed by atoms with E-state index in [0.717, 1.165) is 24.0 Å². The van der Waals surface area contributed by atoms with Crippen molar-refractivity contribution in [1.82, 2.24) is 10.2 Å². The van der Waals surface area contributed by atoms with Gasteiger partial charge in [-0.3, -0.25) is 4.79 Å². The van der Waals surface area contributed by atoms with Gasteiger partial charge in [0, 0.05) is 29.1 Å². The topological polar surface area (TPSA) is 32.3 Å². The lowest BCUT2D eigenvalue weighted by Crippen LogP contribution is -2.38. The Balaban J connectivity index is 2.18. The van der Waals surface area contributed by atoms with E-state index in [2.05, 4.69) is 21.2 Å². The average molecular weight is 318 g/mol. The van der Waals surface area contributed by atoms with Gasteiger partial charge in [-0.05, 0) is 47.1 Å². The molecule has 1 amide bonds. The fourth-order valence-electron chi connectivity index (χ4n) is 1.99. The highest BCUT2D eigenvalue weighted by atomic mass is 79.9. The summed E-state index contributed by atoms with van der Waals surface area (Å²) in [7, 11) is 1.85. The molecule has 1 fully saturated rings. The van der Waals surface area contributed by atoms with Crippen molar-refractivity contribution < 1.29 is 4.79 Å². The van der Waals surface area contributed by atoms with Crippen molar-refractivity contribution >= 4 is 33.4 Å². The van der Waals surface area contributed by atoms with Gasteiger partial charge in [0.1, 0.15) is 0 Å². The molecule has 1 aromatic rings. The zero-order valence-corrected chi connectivity index (χ0v) is 11.9. The molecular formula is C12H14BrClN2O. The lowest BCUT2D eigenvalue weighted by molar-refractivity contribution is 0.0743. The van der Waals surface area contributed by atoms with Crippen LogP contribution in [0, 0.1) is 0 Å². The first-order chi connectivity index (χ1) is 8.09. The molecule has 0 spiro atoms. The number of nitrogens with zero attached hydrogens (tertiary/aromatic N) is 1. The number of hydrogen-bond acceptors (Lipinski definition) is 2. The first-order valence-electron chi connectivity index (χ1n) is 5.52. The fraction of sp³-hybridized carbons (Fsp3) is 0.417. The molecule has 1 heterocycles. The highest BCUT2D eigenvalue weighted by Gasteiger charge is 2.25. The molecular weight excluding hydrogens is 304 g/mol. The Morgan fingerprint density at radius 3 is 2.94 bits per heavy atom. The van der Waals surface area contributed by atoms with Gasteiger partial charge in [0.25, 0.3) is 5.91 Å². The molecule has 1 aromatic carbocycles. The Morgan fingerprint density at radius 2 is 2.35 bits per heavy atom. The van der Waals surface area contributed by atoms with Crippen molar-refractivity contribution in [2.75, 3.05) is 20.1 Å². The molecule has 92 valence electrons. The van der Waals surface area contributed by atoms with Crippen molar-refractivity contribution in [2.24, 2.45) is 0 Å². The summed E-state index contributed by atoms with van der Waals surface area (Å²) in [6.45, 7) is 1.84. The standard InChI is InChI=1S/C12H14BrClN2O/c1-16(9-4-5-15-7-9)12(17)10-3-2-8(14)6-11(10)13/h2-3,6,9,15H,4-5,7H2,1H3/t9-/m1/s1. The normalized spacial score (nSPS) is 19.4. The molecule has 0 saturated carbocycles. The van der Waals surface area contributed by atoms with Crippen LogP contribution in [0.3, 0.4) is 0 Å². The van der Waals surface area contributed by atoms with Crippen LogP contribution in [0.5, 0.6) is 0 Å². The molecule has 1 saturated heterocycles. The summed E-state index contributed by atoms with van der Waals surface area (Å²) in [4.78, 5) is 14.1. The van der Waals surface area contributed by atoms with Crippen molar-refractivity contribution in [3.63, 3.8) is 0 Å². The molecule has 3 nitrogen and oxygen atoms in total.